The van der Waals surface area contributed by atoms with Crippen LogP contribution in [0, 0.1) is 17.2 Å². The Morgan fingerprint density at radius 3 is 2.61 bits per heavy atom. The number of hydrogen-bond acceptors (Lipinski definition) is 3. The predicted molar refractivity (Wildman–Crippen MR) is 69.8 cm³/mol. The largest absolute Gasteiger partial charge is 0.381 e. The van der Waals surface area contributed by atoms with E-state index in [9.17, 15) is 10.1 Å². The second-order valence-corrected chi connectivity index (χ2v) is 5.04. The lowest BCUT2D eigenvalue weighted by Crippen LogP contribution is -2.49. The Balaban J connectivity index is 2.42. The highest BCUT2D eigenvalue weighted by Gasteiger charge is 2.36. The highest BCUT2D eigenvalue weighted by Crippen LogP contribution is 2.33. The molecule has 0 aromatic carbocycles. The van der Waals surface area contributed by atoms with E-state index in [2.05, 4.69) is 18.3 Å². The van der Waals surface area contributed by atoms with Crippen molar-refractivity contribution in [2.24, 2.45) is 5.92 Å². The van der Waals surface area contributed by atoms with Crippen LogP contribution in [0.2, 0.25) is 0 Å². The number of rotatable bonds is 6. The van der Waals surface area contributed by atoms with Gasteiger partial charge in [0, 0.05) is 6.61 Å². The third kappa shape index (κ3) is 4.30. The Morgan fingerprint density at radius 2 is 2.11 bits per heavy atom. The topological polar surface area (TPSA) is 62.1 Å². The molecule has 18 heavy (non-hydrogen) atoms. The molecule has 0 atom stereocenters. The van der Waals surface area contributed by atoms with Crippen molar-refractivity contribution >= 4 is 5.91 Å². The van der Waals surface area contributed by atoms with Crippen molar-refractivity contribution in [3.8, 4) is 6.07 Å². The molecule has 1 rings (SSSR count). The maximum Gasteiger partial charge on any atom is 0.223 e. The number of nitrogens with one attached hydrogen (secondary N) is 1. The van der Waals surface area contributed by atoms with Crippen LogP contribution in [0.3, 0.4) is 0 Å². The van der Waals surface area contributed by atoms with Crippen LogP contribution in [0.5, 0.6) is 0 Å². The Bertz CT molecular complexity index is 301. The number of hydrogen-bond donors (Lipinski definition) is 1. The molecule has 0 radical (unpaired) electrons. The van der Waals surface area contributed by atoms with Gasteiger partial charge in [-0.1, -0.05) is 13.3 Å². The van der Waals surface area contributed by atoms with Gasteiger partial charge in [-0.3, -0.25) is 4.79 Å². The molecule has 1 N–H and O–H groups in total. The molecule has 0 saturated heterocycles. The van der Waals surface area contributed by atoms with Crippen LogP contribution in [0.25, 0.3) is 0 Å². The van der Waals surface area contributed by atoms with Gasteiger partial charge >= 0.3 is 0 Å². The predicted octanol–water partition coefficient (Wildman–Crippen LogP) is 2.39. The lowest BCUT2D eigenvalue weighted by Gasteiger charge is -2.35. The summed E-state index contributed by atoms with van der Waals surface area (Å²) in [5.41, 5.74) is -0.630. The SMILES string of the molecule is CCOCCC(=O)NC1(C#N)CCC(CC)CC1. The lowest BCUT2D eigenvalue weighted by atomic mass is 9.76. The first-order valence-electron chi connectivity index (χ1n) is 6.95. The summed E-state index contributed by atoms with van der Waals surface area (Å²) < 4.78 is 5.15. The maximum atomic E-state index is 11.8. The van der Waals surface area contributed by atoms with E-state index in [1.54, 1.807) is 0 Å². The molecule has 1 fully saturated rings. The molecule has 0 aromatic rings. The fourth-order valence-corrected chi connectivity index (χ4v) is 2.48. The molecular weight excluding hydrogens is 228 g/mol. The van der Waals surface area contributed by atoms with Gasteiger partial charge in [0.05, 0.1) is 19.1 Å². The van der Waals surface area contributed by atoms with Gasteiger partial charge in [0.2, 0.25) is 5.91 Å². The van der Waals surface area contributed by atoms with Crippen molar-refractivity contribution in [1.29, 1.82) is 5.26 Å². The molecule has 1 aliphatic carbocycles. The summed E-state index contributed by atoms with van der Waals surface area (Å²) in [7, 11) is 0. The van der Waals surface area contributed by atoms with Gasteiger partial charge in [0.25, 0.3) is 0 Å². The van der Waals surface area contributed by atoms with Gasteiger partial charge in [0.15, 0.2) is 0 Å². The highest BCUT2D eigenvalue weighted by molar-refractivity contribution is 5.77. The summed E-state index contributed by atoms with van der Waals surface area (Å²) in [6.45, 7) is 5.14. The van der Waals surface area contributed by atoms with Crippen LogP contribution in [0.4, 0.5) is 0 Å². The van der Waals surface area contributed by atoms with Crippen molar-refractivity contribution in [3.63, 3.8) is 0 Å². The molecule has 0 aliphatic heterocycles. The quantitative estimate of drug-likeness (QED) is 0.738. The van der Waals surface area contributed by atoms with Crippen LogP contribution in [0.1, 0.15) is 52.4 Å². The fraction of sp³-hybridized carbons (Fsp3) is 0.857. The molecule has 0 bridgehead atoms. The van der Waals surface area contributed by atoms with E-state index in [1.165, 1.54) is 6.42 Å². The van der Waals surface area contributed by atoms with E-state index in [1.807, 2.05) is 6.92 Å². The van der Waals surface area contributed by atoms with E-state index in [4.69, 9.17) is 4.74 Å². The molecule has 4 heteroatoms. The summed E-state index contributed by atoms with van der Waals surface area (Å²) in [6, 6.07) is 2.31. The van der Waals surface area contributed by atoms with Gasteiger partial charge in [-0.2, -0.15) is 5.26 Å². The summed E-state index contributed by atoms with van der Waals surface area (Å²) in [6.07, 6.45) is 5.14. The van der Waals surface area contributed by atoms with Crippen molar-refractivity contribution in [2.75, 3.05) is 13.2 Å². The van der Waals surface area contributed by atoms with Gasteiger partial charge in [-0.05, 0) is 38.5 Å². The summed E-state index contributed by atoms with van der Waals surface area (Å²) in [4.78, 5) is 11.8. The van der Waals surface area contributed by atoms with Crippen LogP contribution >= 0.6 is 0 Å². The van der Waals surface area contributed by atoms with Gasteiger partial charge in [0.1, 0.15) is 5.54 Å². The minimum Gasteiger partial charge on any atom is -0.381 e. The molecule has 0 aromatic heterocycles. The summed E-state index contributed by atoms with van der Waals surface area (Å²) in [5, 5.41) is 12.2. The minimum absolute atomic E-state index is 0.0695. The second-order valence-electron chi connectivity index (χ2n) is 5.04. The van der Waals surface area contributed by atoms with Gasteiger partial charge in [-0.15, -0.1) is 0 Å². The average molecular weight is 252 g/mol. The van der Waals surface area contributed by atoms with E-state index in [-0.39, 0.29) is 5.91 Å². The van der Waals surface area contributed by atoms with Crippen molar-refractivity contribution in [1.82, 2.24) is 5.32 Å². The zero-order chi connectivity index (χ0) is 13.4. The van der Waals surface area contributed by atoms with Gasteiger partial charge in [-0.25, -0.2) is 0 Å². The average Bonchev–Trinajstić information content (AvgIpc) is 2.40. The maximum absolute atomic E-state index is 11.8. The van der Waals surface area contributed by atoms with Crippen molar-refractivity contribution < 1.29 is 9.53 Å². The monoisotopic (exact) mass is 252 g/mol. The Labute approximate surface area is 110 Å². The molecule has 1 amide bonds. The first kappa shape index (κ1) is 15.0. The zero-order valence-electron chi connectivity index (χ0n) is 11.5. The van der Waals surface area contributed by atoms with Crippen LogP contribution in [-0.4, -0.2) is 24.7 Å². The molecule has 1 saturated carbocycles. The van der Waals surface area contributed by atoms with Crippen LogP contribution in [0.15, 0.2) is 0 Å². The standard InChI is InChI=1S/C14H24N2O2/c1-3-12-5-8-14(11-15,9-6-12)16-13(17)7-10-18-4-2/h12H,3-10H2,1-2H3,(H,16,17). The second kappa shape index (κ2) is 7.38. The van der Waals surface area contributed by atoms with Crippen LogP contribution in [-0.2, 0) is 9.53 Å². The number of carbonyl (C=O) groups is 1. The van der Waals surface area contributed by atoms with Crippen molar-refractivity contribution in [2.45, 2.75) is 57.9 Å². The summed E-state index contributed by atoms with van der Waals surface area (Å²) in [5.74, 6) is 0.645. The van der Waals surface area contributed by atoms with E-state index in [0.717, 1.165) is 25.7 Å². The third-order valence-corrected chi connectivity index (χ3v) is 3.81. The van der Waals surface area contributed by atoms with E-state index >= 15 is 0 Å². The number of ether oxygens (including phenoxy) is 1. The number of nitriles is 1. The smallest absolute Gasteiger partial charge is 0.223 e. The zero-order valence-corrected chi connectivity index (χ0v) is 11.5. The molecule has 102 valence electrons. The molecule has 0 heterocycles. The Hall–Kier alpha value is -1.08. The first-order valence-corrected chi connectivity index (χ1v) is 6.95. The minimum atomic E-state index is -0.630. The highest BCUT2D eigenvalue weighted by atomic mass is 16.5. The molecular formula is C14H24N2O2. The van der Waals surface area contributed by atoms with E-state index in [0.29, 0.717) is 25.6 Å². The van der Waals surface area contributed by atoms with E-state index < -0.39 is 5.54 Å². The van der Waals surface area contributed by atoms with Crippen LogP contribution < -0.4 is 5.32 Å². The van der Waals surface area contributed by atoms with Crippen molar-refractivity contribution in [3.05, 3.63) is 0 Å². The number of nitrogens with zero attached hydrogens (tertiary/aromatic N) is 1. The molecule has 4 nitrogen and oxygen atoms in total. The molecule has 0 spiro atoms. The Morgan fingerprint density at radius 1 is 1.44 bits per heavy atom. The molecule has 1 aliphatic rings. The molecule has 0 unspecified atom stereocenters. The fourth-order valence-electron chi connectivity index (χ4n) is 2.48. The third-order valence-electron chi connectivity index (χ3n) is 3.81. The van der Waals surface area contributed by atoms with Gasteiger partial charge < -0.3 is 10.1 Å². The number of amides is 1. The Kier molecular flexibility index (Phi) is 6.14. The normalized spacial score (nSPS) is 27.5. The lowest BCUT2D eigenvalue weighted by molar-refractivity contribution is -0.123. The summed E-state index contributed by atoms with van der Waals surface area (Å²) >= 11 is 0. The number of carbonyl (C=O) groups excluding carboxylic acids is 1. The first-order chi connectivity index (χ1) is 8.65.